The van der Waals surface area contributed by atoms with Crippen LogP contribution in [0.5, 0.6) is 0 Å². The van der Waals surface area contributed by atoms with Crippen molar-refractivity contribution in [3.05, 3.63) is 12.2 Å². The number of rotatable bonds is 7. The third-order valence-electron chi connectivity index (χ3n) is 3.45. The fourth-order valence-corrected chi connectivity index (χ4v) is 2.23. The van der Waals surface area contributed by atoms with Gasteiger partial charge in [0.05, 0.1) is 6.04 Å². The van der Waals surface area contributed by atoms with Crippen molar-refractivity contribution in [1.82, 2.24) is 30.3 Å². The minimum Gasteiger partial charge on any atom is -0.337 e. The van der Waals surface area contributed by atoms with Gasteiger partial charge in [0.1, 0.15) is 6.33 Å². The van der Waals surface area contributed by atoms with Gasteiger partial charge in [0, 0.05) is 19.6 Å². The van der Waals surface area contributed by atoms with Gasteiger partial charge >= 0.3 is 6.03 Å². The van der Waals surface area contributed by atoms with Crippen LogP contribution in [0.4, 0.5) is 4.79 Å². The Balaban J connectivity index is 2.44. The number of nitrogens with one attached hydrogen (secondary N) is 2. The summed E-state index contributed by atoms with van der Waals surface area (Å²) in [6.45, 7) is 6.89. The number of aromatic nitrogens is 3. The summed E-state index contributed by atoms with van der Waals surface area (Å²) in [5.74, 6) is 1.33. The first-order valence-corrected chi connectivity index (χ1v) is 7.36. The lowest BCUT2D eigenvalue weighted by atomic mass is 10.0. The molecule has 0 unspecified atom stereocenters. The summed E-state index contributed by atoms with van der Waals surface area (Å²) in [4.78, 5) is 14.1. The molecule has 0 bridgehead atoms. The largest absolute Gasteiger partial charge is 0.337 e. The molecule has 0 saturated heterocycles. The molecule has 7 nitrogen and oxygen atoms in total. The zero-order chi connectivity index (χ0) is 16.0. The maximum absolute atomic E-state index is 12.0. The Morgan fingerprint density at radius 1 is 1.38 bits per heavy atom. The second-order valence-electron chi connectivity index (χ2n) is 6.12. The van der Waals surface area contributed by atoms with E-state index in [9.17, 15) is 4.79 Å². The number of hydrogen-bond donors (Lipinski definition) is 2. The Morgan fingerprint density at radius 3 is 2.52 bits per heavy atom. The van der Waals surface area contributed by atoms with Crippen molar-refractivity contribution in [2.24, 2.45) is 13.0 Å². The summed E-state index contributed by atoms with van der Waals surface area (Å²) in [6, 6.07) is -0.0256. The van der Waals surface area contributed by atoms with Crippen molar-refractivity contribution in [2.45, 2.75) is 39.3 Å². The van der Waals surface area contributed by atoms with Crippen molar-refractivity contribution in [2.75, 3.05) is 20.6 Å². The van der Waals surface area contributed by atoms with Crippen LogP contribution in [0.1, 0.15) is 39.1 Å². The number of hydrogen-bond acceptors (Lipinski definition) is 4. The molecule has 0 aliphatic carbocycles. The van der Waals surface area contributed by atoms with E-state index in [-0.39, 0.29) is 12.1 Å². The molecule has 0 fully saturated rings. The van der Waals surface area contributed by atoms with Crippen LogP contribution in [-0.4, -0.2) is 52.4 Å². The molecule has 1 heterocycles. The predicted octanol–water partition coefficient (Wildman–Crippen LogP) is 1.15. The number of carbonyl (C=O) groups excluding carboxylic acids is 1. The van der Waals surface area contributed by atoms with Gasteiger partial charge < -0.3 is 20.1 Å². The maximum atomic E-state index is 12.0. The summed E-state index contributed by atoms with van der Waals surface area (Å²) in [7, 11) is 5.93. The predicted molar refractivity (Wildman–Crippen MR) is 82.9 cm³/mol. The monoisotopic (exact) mass is 296 g/mol. The lowest BCUT2D eigenvalue weighted by Crippen LogP contribution is -2.45. The average molecular weight is 296 g/mol. The van der Waals surface area contributed by atoms with Crippen molar-refractivity contribution < 1.29 is 4.79 Å². The third kappa shape index (κ3) is 5.71. The Kier molecular flexibility index (Phi) is 6.61. The zero-order valence-electron chi connectivity index (χ0n) is 13.9. The van der Waals surface area contributed by atoms with Crippen molar-refractivity contribution in [1.29, 1.82) is 0 Å². The molecule has 0 radical (unpaired) electrons. The molecule has 2 N–H and O–H groups in total. The zero-order valence-corrected chi connectivity index (χ0v) is 13.9. The summed E-state index contributed by atoms with van der Waals surface area (Å²) in [5.41, 5.74) is 0. The van der Waals surface area contributed by atoms with Crippen LogP contribution >= 0.6 is 0 Å². The van der Waals surface area contributed by atoms with Gasteiger partial charge in [-0.05, 0) is 33.4 Å². The van der Waals surface area contributed by atoms with E-state index in [1.54, 1.807) is 10.9 Å². The van der Waals surface area contributed by atoms with E-state index in [0.29, 0.717) is 18.5 Å². The van der Waals surface area contributed by atoms with Crippen LogP contribution in [0.25, 0.3) is 0 Å². The van der Waals surface area contributed by atoms with Crippen LogP contribution in [0.2, 0.25) is 0 Å². The van der Waals surface area contributed by atoms with Gasteiger partial charge in [0.15, 0.2) is 5.82 Å². The van der Waals surface area contributed by atoms with Crippen LogP contribution in [0, 0.1) is 5.92 Å². The summed E-state index contributed by atoms with van der Waals surface area (Å²) < 4.78 is 1.80. The highest BCUT2D eigenvalue weighted by Gasteiger charge is 2.17. The molecule has 0 aromatic carbocycles. The number of nitrogens with zero attached hydrogens (tertiary/aromatic N) is 4. The molecule has 0 saturated carbocycles. The smallest absolute Gasteiger partial charge is 0.315 e. The molecular weight excluding hydrogens is 268 g/mol. The summed E-state index contributed by atoms with van der Waals surface area (Å²) >= 11 is 0. The summed E-state index contributed by atoms with van der Waals surface area (Å²) in [6.07, 6.45) is 2.67. The number of aryl methyl sites for hydroxylation is 1. The van der Waals surface area contributed by atoms with Crippen molar-refractivity contribution in [3.63, 3.8) is 0 Å². The molecular formula is C14H28N6O. The normalized spacial score (nSPS) is 14.3. The van der Waals surface area contributed by atoms with Crippen LogP contribution in [-0.2, 0) is 7.05 Å². The van der Waals surface area contributed by atoms with Gasteiger partial charge in [-0.2, -0.15) is 0 Å². The van der Waals surface area contributed by atoms with E-state index < -0.39 is 0 Å². The molecule has 1 aromatic heterocycles. The Bertz CT molecular complexity index is 442. The molecule has 0 aliphatic heterocycles. The molecule has 120 valence electrons. The van der Waals surface area contributed by atoms with Crippen molar-refractivity contribution >= 4 is 6.03 Å². The fraction of sp³-hybridized carbons (Fsp3) is 0.786. The molecule has 2 atom stereocenters. The quantitative estimate of drug-likeness (QED) is 0.791. The highest BCUT2D eigenvalue weighted by molar-refractivity contribution is 5.74. The molecule has 1 rings (SSSR count). The Labute approximate surface area is 127 Å². The van der Waals surface area contributed by atoms with Crippen LogP contribution in [0.15, 0.2) is 6.33 Å². The number of likely N-dealkylation sites (N-methyl/N-ethyl adjacent to an activating group) is 1. The lowest BCUT2D eigenvalue weighted by Gasteiger charge is -2.26. The van der Waals surface area contributed by atoms with E-state index in [1.165, 1.54) is 0 Å². The van der Waals surface area contributed by atoms with E-state index in [0.717, 1.165) is 12.2 Å². The van der Waals surface area contributed by atoms with Crippen LogP contribution in [0.3, 0.4) is 0 Å². The average Bonchev–Trinajstić information content (AvgIpc) is 2.80. The van der Waals surface area contributed by atoms with E-state index >= 15 is 0 Å². The molecule has 7 heteroatoms. The Hall–Kier alpha value is -1.63. The Morgan fingerprint density at radius 2 is 2.05 bits per heavy atom. The molecule has 0 spiro atoms. The minimum absolute atomic E-state index is 0.180. The molecule has 21 heavy (non-hydrogen) atoms. The summed E-state index contributed by atoms with van der Waals surface area (Å²) in [5, 5.41) is 13.6. The molecule has 0 aliphatic rings. The standard InChI is InChI=1S/C14H28N6O/c1-10(2)7-12(19(4)5)8-15-14(21)17-11(3)13-18-16-9-20(13)6/h9-12H,7-8H2,1-6H3,(H2,15,17,21)/t11-,12+/m1/s1. The highest BCUT2D eigenvalue weighted by atomic mass is 16.2. The number of amides is 2. The molecule has 1 aromatic rings. The molecule has 2 amide bonds. The lowest BCUT2D eigenvalue weighted by molar-refractivity contribution is 0.221. The first-order valence-electron chi connectivity index (χ1n) is 7.36. The van der Waals surface area contributed by atoms with Crippen LogP contribution < -0.4 is 10.6 Å². The second kappa shape index (κ2) is 7.97. The fourth-order valence-electron chi connectivity index (χ4n) is 2.23. The first kappa shape index (κ1) is 17.4. The van der Waals surface area contributed by atoms with Gasteiger partial charge in [-0.15, -0.1) is 10.2 Å². The number of carbonyl (C=O) groups is 1. The van der Waals surface area contributed by atoms with Gasteiger partial charge in [0.2, 0.25) is 0 Å². The minimum atomic E-state index is -0.180. The van der Waals surface area contributed by atoms with E-state index in [2.05, 4.69) is 39.6 Å². The first-order chi connectivity index (χ1) is 9.81. The van der Waals surface area contributed by atoms with Gasteiger partial charge in [-0.3, -0.25) is 0 Å². The second-order valence-corrected chi connectivity index (χ2v) is 6.12. The van der Waals surface area contributed by atoms with E-state index in [4.69, 9.17) is 0 Å². The maximum Gasteiger partial charge on any atom is 0.315 e. The third-order valence-corrected chi connectivity index (χ3v) is 3.45. The number of urea groups is 1. The van der Waals surface area contributed by atoms with Gasteiger partial charge in [-0.25, -0.2) is 4.79 Å². The van der Waals surface area contributed by atoms with Gasteiger partial charge in [-0.1, -0.05) is 13.8 Å². The SMILES string of the molecule is CC(C)C[C@@H](CNC(=O)N[C@H](C)c1nncn1C)N(C)C. The van der Waals surface area contributed by atoms with Gasteiger partial charge in [0.25, 0.3) is 0 Å². The highest BCUT2D eigenvalue weighted by Crippen LogP contribution is 2.09. The van der Waals surface area contributed by atoms with Crippen molar-refractivity contribution in [3.8, 4) is 0 Å². The van der Waals surface area contributed by atoms with E-state index in [1.807, 2.05) is 28.1 Å². The topological polar surface area (TPSA) is 75.1 Å².